The molecule has 0 atom stereocenters. The number of hydrogen-bond donors (Lipinski definition) is 1. The van der Waals surface area contributed by atoms with Crippen LogP contribution in [-0.2, 0) is 9.59 Å². The second-order valence-corrected chi connectivity index (χ2v) is 10.2. The summed E-state index contributed by atoms with van der Waals surface area (Å²) in [6, 6.07) is 9.92. The first-order valence-corrected chi connectivity index (χ1v) is 11.9. The summed E-state index contributed by atoms with van der Waals surface area (Å²) < 4.78 is 1.59. The number of anilines is 1. The van der Waals surface area contributed by atoms with E-state index in [1.165, 1.54) is 23.1 Å². The van der Waals surface area contributed by atoms with Crippen molar-refractivity contribution in [2.75, 3.05) is 11.9 Å². The van der Waals surface area contributed by atoms with Gasteiger partial charge in [0.05, 0.1) is 15.1 Å². The number of benzene rings is 1. The number of rotatable bonds is 6. The van der Waals surface area contributed by atoms with Gasteiger partial charge in [-0.1, -0.05) is 47.4 Å². The van der Waals surface area contributed by atoms with Crippen molar-refractivity contribution in [2.45, 2.75) is 19.8 Å². The number of carbonyl (C=O) groups excluding carboxylic acids is 2. The third kappa shape index (κ3) is 4.75. The molecule has 1 aromatic carbocycles. The van der Waals surface area contributed by atoms with Crippen LogP contribution in [0.1, 0.15) is 23.3 Å². The van der Waals surface area contributed by atoms with Crippen molar-refractivity contribution < 1.29 is 9.59 Å². The van der Waals surface area contributed by atoms with Crippen LogP contribution in [0.4, 0.5) is 5.13 Å². The number of fused-ring (bicyclic) bond motifs is 1. The van der Waals surface area contributed by atoms with E-state index in [2.05, 4.69) is 16.4 Å². The summed E-state index contributed by atoms with van der Waals surface area (Å²) in [5.41, 5.74) is 2.04. The molecule has 29 heavy (non-hydrogen) atoms. The molecule has 3 heterocycles. The summed E-state index contributed by atoms with van der Waals surface area (Å²) in [6.07, 6.45) is 2.70. The molecule has 0 unspecified atom stereocenters. The summed E-state index contributed by atoms with van der Waals surface area (Å²) in [5.74, 6) is -0.198. The molecule has 1 aliphatic rings. The van der Waals surface area contributed by atoms with Crippen LogP contribution in [0, 0.1) is 6.92 Å². The zero-order valence-electron chi connectivity index (χ0n) is 15.5. The minimum Gasteiger partial charge on any atom is -0.302 e. The minimum absolute atomic E-state index is 0.0876. The van der Waals surface area contributed by atoms with Crippen LogP contribution in [0.2, 0.25) is 0 Å². The molecule has 0 aliphatic carbocycles. The second kappa shape index (κ2) is 8.74. The molecule has 2 aromatic heterocycles. The molecule has 2 amide bonds. The van der Waals surface area contributed by atoms with E-state index in [0.717, 1.165) is 20.7 Å². The van der Waals surface area contributed by atoms with Crippen molar-refractivity contribution in [3.8, 4) is 0 Å². The van der Waals surface area contributed by atoms with Gasteiger partial charge in [0.15, 0.2) is 5.13 Å². The number of nitrogens with zero attached hydrogens (tertiary/aromatic N) is 2. The largest absolute Gasteiger partial charge is 0.302 e. The lowest BCUT2D eigenvalue weighted by Gasteiger charge is -2.13. The van der Waals surface area contributed by atoms with Crippen molar-refractivity contribution in [1.82, 2.24) is 9.88 Å². The molecule has 1 fully saturated rings. The summed E-state index contributed by atoms with van der Waals surface area (Å²) in [4.78, 5) is 32.5. The molecule has 5 nitrogen and oxygen atoms in total. The zero-order chi connectivity index (χ0) is 20.4. The molecule has 0 radical (unpaired) electrons. The molecule has 148 valence electrons. The van der Waals surface area contributed by atoms with Gasteiger partial charge in [-0.2, -0.15) is 0 Å². The van der Waals surface area contributed by atoms with Crippen LogP contribution in [0.25, 0.3) is 16.3 Å². The van der Waals surface area contributed by atoms with Gasteiger partial charge in [0.1, 0.15) is 4.32 Å². The van der Waals surface area contributed by atoms with Gasteiger partial charge >= 0.3 is 0 Å². The average Bonchev–Trinajstić information content (AvgIpc) is 3.38. The van der Waals surface area contributed by atoms with Gasteiger partial charge in [0, 0.05) is 17.8 Å². The highest BCUT2D eigenvalue weighted by atomic mass is 32.2. The number of thiophene rings is 1. The van der Waals surface area contributed by atoms with E-state index < -0.39 is 0 Å². The zero-order valence-corrected chi connectivity index (χ0v) is 18.8. The van der Waals surface area contributed by atoms with Crippen LogP contribution in [0.3, 0.4) is 0 Å². The molecule has 1 aliphatic heterocycles. The number of amides is 2. The SMILES string of the molecule is Cc1ccc2nc(NC(=O)CCCN3C(=O)/C(=C/c4cccs4)SC3=S)sc2c1. The van der Waals surface area contributed by atoms with E-state index in [-0.39, 0.29) is 11.8 Å². The minimum atomic E-state index is -0.111. The topological polar surface area (TPSA) is 62.3 Å². The Balaban J connectivity index is 1.30. The predicted molar refractivity (Wildman–Crippen MR) is 126 cm³/mol. The van der Waals surface area contributed by atoms with Gasteiger partial charge < -0.3 is 5.32 Å². The molecule has 1 N–H and O–H groups in total. The van der Waals surface area contributed by atoms with E-state index in [4.69, 9.17) is 12.2 Å². The molecule has 0 bridgehead atoms. The van der Waals surface area contributed by atoms with Crippen LogP contribution in [-0.4, -0.2) is 32.6 Å². The predicted octanol–water partition coefficient (Wildman–Crippen LogP) is 5.29. The Labute approximate surface area is 185 Å². The Hall–Kier alpha value is -2.07. The highest BCUT2D eigenvalue weighted by Crippen LogP contribution is 2.33. The van der Waals surface area contributed by atoms with Crippen LogP contribution in [0.5, 0.6) is 0 Å². The van der Waals surface area contributed by atoms with Crippen molar-refractivity contribution >= 4 is 84.2 Å². The Kier molecular flexibility index (Phi) is 6.09. The van der Waals surface area contributed by atoms with Crippen LogP contribution < -0.4 is 5.32 Å². The number of hydrogen-bond acceptors (Lipinski definition) is 7. The maximum atomic E-state index is 12.6. The number of thiazole rings is 1. The first kappa shape index (κ1) is 20.2. The number of aromatic nitrogens is 1. The van der Waals surface area contributed by atoms with E-state index in [1.54, 1.807) is 16.2 Å². The number of thiocarbonyl (C=S) groups is 1. The van der Waals surface area contributed by atoms with E-state index in [9.17, 15) is 9.59 Å². The molecule has 0 saturated carbocycles. The van der Waals surface area contributed by atoms with E-state index in [1.807, 2.05) is 42.6 Å². The van der Waals surface area contributed by atoms with Crippen molar-refractivity contribution in [1.29, 1.82) is 0 Å². The lowest BCUT2D eigenvalue weighted by molar-refractivity contribution is -0.122. The fourth-order valence-electron chi connectivity index (χ4n) is 2.86. The van der Waals surface area contributed by atoms with Gasteiger partial charge in [-0.3, -0.25) is 14.5 Å². The lowest BCUT2D eigenvalue weighted by Crippen LogP contribution is -2.29. The summed E-state index contributed by atoms with van der Waals surface area (Å²) in [6.45, 7) is 2.46. The highest BCUT2D eigenvalue weighted by Gasteiger charge is 2.31. The Bertz CT molecular complexity index is 1120. The fourth-order valence-corrected chi connectivity index (χ4v) is 5.87. The van der Waals surface area contributed by atoms with Crippen LogP contribution >= 0.6 is 46.7 Å². The third-order valence-electron chi connectivity index (χ3n) is 4.27. The molecule has 3 aromatic rings. The van der Waals surface area contributed by atoms with Crippen LogP contribution in [0.15, 0.2) is 40.6 Å². The third-order valence-corrected chi connectivity index (χ3v) is 7.40. The maximum absolute atomic E-state index is 12.6. The van der Waals surface area contributed by atoms with Crippen molar-refractivity contribution in [3.63, 3.8) is 0 Å². The Morgan fingerprint density at radius 1 is 1.34 bits per heavy atom. The summed E-state index contributed by atoms with van der Waals surface area (Å²) in [7, 11) is 0. The summed E-state index contributed by atoms with van der Waals surface area (Å²) in [5, 5.41) is 5.42. The van der Waals surface area contributed by atoms with Gasteiger partial charge in [-0.05, 0) is 48.6 Å². The van der Waals surface area contributed by atoms with Crippen molar-refractivity contribution in [2.24, 2.45) is 0 Å². The van der Waals surface area contributed by atoms with Gasteiger partial charge in [0.2, 0.25) is 5.91 Å². The molecule has 0 spiro atoms. The molecular weight excluding hydrogens is 443 g/mol. The standard InChI is InChI=1S/C20H17N3O2S4/c1-12-6-7-14-15(10-12)28-19(21-14)22-17(24)5-2-8-23-18(25)16(29-20(23)26)11-13-4-3-9-27-13/h3-4,6-7,9-11H,2,5,8H2,1H3,(H,21,22,24)/b16-11-. The quantitative estimate of drug-likeness (QED) is 0.401. The van der Waals surface area contributed by atoms with Gasteiger partial charge in [-0.15, -0.1) is 11.3 Å². The number of thioether (sulfide) groups is 1. The Morgan fingerprint density at radius 2 is 2.21 bits per heavy atom. The first-order chi connectivity index (χ1) is 14.0. The fraction of sp³-hybridized carbons (Fsp3) is 0.200. The normalized spacial score (nSPS) is 15.6. The monoisotopic (exact) mass is 459 g/mol. The van der Waals surface area contributed by atoms with E-state index in [0.29, 0.717) is 33.7 Å². The molecule has 1 saturated heterocycles. The highest BCUT2D eigenvalue weighted by molar-refractivity contribution is 8.26. The van der Waals surface area contributed by atoms with Crippen molar-refractivity contribution in [3.05, 3.63) is 51.1 Å². The second-order valence-electron chi connectivity index (χ2n) is 6.49. The molecular formula is C20H17N3O2S4. The smallest absolute Gasteiger partial charge is 0.266 e. The average molecular weight is 460 g/mol. The molecule has 4 rings (SSSR count). The summed E-state index contributed by atoms with van der Waals surface area (Å²) >= 11 is 9.70. The number of aryl methyl sites for hydroxylation is 1. The number of carbonyl (C=O) groups is 2. The Morgan fingerprint density at radius 3 is 3.00 bits per heavy atom. The first-order valence-electron chi connectivity index (χ1n) is 8.95. The maximum Gasteiger partial charge on any atom is 0.266 e. The van der Waals surface area contributed by atoms with Gasteiger partial charge in [0.25, 0.3) is 5.91 Å². The van der Waals surface area contributed by atoms with Gasteiger partial charge in [-0.25, -0.2) is 4.98 Å². The number of nitrogens with one attached hydrogen (secondary N) is 1. The molecule has 9 heteroatoms. The lowest BCUT2D eigenvalue weighted by atomic mass is 10.2. The van der Waals surface area contributed by atoms with E-state index >= 15 is 0 Å².